The molecule has 0 atom stereocenters. The molecule has 0 unspecified atom stereocenters. The van der Waals surface area contributed by atoms with Crippen molar-refractivity contribution in [2.45, 2.75) is 97.8 Å². The zero-order chi connectivity index (χ0) is 21.1. The Morgan fingerprint density at radius 2 is 1.43 bits per heavy atom. The van der Waals surface area contributed by atoms with E-state index < -0.39 is 0 Å². The number of phenols is 1. The van der Waals surface area contributed by atoms with E-state index in [-0.39, 0.29) is 16.7 Å². The van der Waals surface area contributed by atoms with Crippen molar-refractivity contribution in [3.63, 3.8) is 0 Å². The van der Waals surface area contributed by atoms with Crippen LogP contribution in [0.15, 0.2) is 12.1 Å². The summed E-state index contributed by atoms with van der Waals surface area (Å²) in [7, 11) is 0. The highest BCUT2D eigenvalue weighted by Gasteiger charge is 2.27. The van der Waals surface area contributed by atoms with E-state index in [2.05, 4.69) is 53.8 Å². The summed E-state index contributed by atoms with van der Waals surface area (Å²) in [4.78, 5) is 12.6. The SMILES string of the molecule is CCC1CCC(CNC(=O)Cc2cc(C(C)(C)C)c(O)c(C(C)(C)C)c2)CC1. The van der Waals surface area contributed by atoms with Crippen LogP contribution in [0, 0.1) is 11.8 Å². The minimum absolute atomic E-state index is 0.0861. The molecule has 158 valence electrons. The van der Waals surface area contributed by atoms with Gasteiger partial charge in [-0.05, 0) is 52.2 Å². The van der Waals surface area contributed by atoms with Gasteiger partial charge in [-0.3, -0.25) is 4.79 Å². The first-order chi connectivity index (χ1) is 12.9. The van der Waals surface area contributed by atoms with E-state index in [9.17, 15) is 9.90 Å². The molecule has 1 fully saturated rings. The van der Waals surface area contributed by atoms with E-state index in [0.717, 1.165) is 29.2 Å². The summed E-state index contributed by atoms with van der Waals surface area (Å²) in [5.41, 5.74) is 2.48. The van der Waals surface area contributed by atoms with Crippen molar-refractivity contribution in [2.24, 2.45) is 11.8 Å². The van der Waals surface area contributed by atoms with Gasteiger partial charge in [0, 0.05) is 6.54 Å². The number of nitrogens with one attached hydrogen (secondary N) is 1. The maximum absolute atomic E-state index is 12.6. The molecule has 1 aromatic rings. The van der Waals surface area contributed by atoms with E-state index in [0.29, 0.717) is 18.1 Å². The quantitative estimate of drug-likeness (QED) is 0.664. The molecule has 1 amide bonds. The van der Waals surface area contributed by atoms with Gasteiger partial charge in [-0.1, -0.05) is 79.9 Å². The highest BCUT2D eigenvalue weighted by molar-refractivity contribution is 5.79. The van der Waals surface area contributed by atoms with Gasteiger partial charge in [-0.2, -0.15) is 0 Å². The molecule has 3 nitrogen and oxygen atoms in total. The number of amides is 1. The van der Waals surface area contributed by atoms with Gasteiger partial charge in [0.05, 0.1) is 6.42 Å². The molecule has 0 bridgehead atoms. The second-order valence-corrected chi connectivity index (χ2v) is 10.8. The van der Waals surface area contributed by atoms with Crippen molar-refractivity contribution in [3.8, 4) is 5.75 Å². The first-order valence-electron chi connectivity index (χ1n) is 11.0. The van der Waals surface area contributed by atoms with Crippen LogP contribution in [0.5, 0.6) is 5.75 Å². The molecule has 1 aromatic carbocycles. The number of carbonyl (C=O) groups excluding carboxylic acids is 1. The van der Waals surface area contributed by atoms with Crippen LogP contribution in [0.2, 0.25) is 0 Å². The van der Waals surface area contributed by atoms with Gasteiger partial charge >= 0.3 is 0 Å². The predicted octanol–water partition coefficient (Wildman–Crippen LogP) is 5.86. The van der Waals surface area contributed by atoms with Gasteiger partial charge in [0.25, 0.3) is 0 Å². The summed E-state index contributed by atoms with van der Waals surface area (Å²) in [6, 6.07) is 4.02. The fourth-order valence-electron chi connectivity index (χ4n) is 4.29. The molecule has 0 saturated heterocycles. The maximum atomic E-state index is 12.6. The van der Waals surface area contributed by atoms with Gasteiger partial charge in [-0.25, -0.2) is 0 Å². The second-order valence-electron chi connectivity index (χ2n) is 10.8. The predicted molar refractivity (Wildman–Crippen MR) is 118 cm³/mol. The van der Waals surface area contributed by atoms with Gasteiger partial charge in [-0.15, -0.1) is 0 Å². The van der Waals surface area contributed by atoms with Crippen molar-refractivity contribution < 1.29 is 9.90 Å². The molecule has 1 aliphatic carbocycles. The van der Waals surface area contributed by atoms with Gasteiger partial charge in [0.2, 0.25) is 5.91 Å². The highest BCUT2D eigenvalue weighted by Crippen LogP contribution is 2.39. The molecule has 3 heteroatoms. The maximum Gasteiger partial charge on any atom is 0.224 e. The Balaban J connectivity index is 2.07. The molecule has 1 aliphatic rings. The van der Waals surface area contributed by atoms with E-state index in [1.165, 1.54) is 32.1 Å². The number of hydrogen-bond acceptors (Lipinski definition) is 2. The average Bonchev–Trinajstić information content (AvgIpc) is 2.59. The lowest BCUT2D eigenvalue weighted by molar-refractivity contribution is -0.120. The molecule has 1 saturated carbocycles. The summed E-state index contributed by atoms with van der Waals surface area (Å²) < 4.78 is 0. The number of aromatic hydroxyl groups is 1. The lowest BCUT2D eigenvalue weighted by Gasteiger charge is -2.29. The van der Waals surface area contributed by atoms with Gasteiger partial charge in [0.15, 0.2) is 0 Å². The lowest BCUT2D eigenvalue weighted by atomic mass is 9.78. The smallest absolute Gasteiger partial charge is 0.224 e. The Labute approximate surface area is 172 Å². The Hall–Kier alpha value is -1.51. The van der Waals surface area contributed by atoms with E-state index in [1.807, 2.05) is 12.1 Å². The minimum Gasteiger partial charge on any atom is -0.507 e. The lowest BCUT2D eigenvalue weighted by Crippen LogP contribution is -2.32. The normalized spacial score (nSPS) is 20.8. The standard InChI is InChI=1S/C25H41NO2/c1-8-17-9-11-18(12-10-17)16-26-22(27)15-19-13-20(24(2,3)4)23(28)21(14-19)25(5,6)7/h13-14,17-18,28H,8-12,15-16H2,1-7H3,(H,26,27). The third-order valence-electron chi connectivity index (χ3n) is 6.28. The molecule has 0 aliphatic heterocycles. The Morgan fingerprint density at radius 1 is 0.964 bits per heavy atom. The Kier molecular flexibility index (Phi) is 7.22. The van der Waals surface area contributed by atoms with E-state index in [4.69, 9.17) is 0 Å². The first-order valence-corrected chi connectivity index (χ1v) is 11.0. The van der Waals surface area contributed by atoms with E-state index >= 15 is 0 Å². The minimum atomic E-state index is -0.172. The Morgan fingerprint density at radius 3 is 1.86 bits per heavy atom. The van der Waals surface area contributed by atoms with Crippen LogP contribution in [-0.4, -0.2) is 17.6 Å². The molecule has 2 N–H and O–H groups in total. The fourth-order valence-corrected chi connectivity index (χ4v) is 4.29. The third kappa shape index (κ3) is 5.99. The molecular weight excluding hydrogens is 346 g/mol. The summed E-state index contributed by atoms with van der Waals surface area (Å²) in [6.45, 7) is 15.7. The van der Waals surface area contributed by atoms with Crippen molar-refractivity contribution in [1.82, 2.24) is 5.32 Å². The zero-order valence-electron chi connectivity index (χ0n) is 19.1. The topological polar surface area (TPSA) is 49.3 Å². The Bertz CT molecular complexity index is 636. The van der Waals surface area contributed by atoms with Crippen LogP contribution in [0.4, 0.5) is 0 Å². The number of benzene rings is 1. The molecule has 28 heavy (non-hydrogen) atoms. The largest absolute Gasteiger partial charge is 0.507 e. The molecular formula is C25H41NO2. The van der Waals surface area contributed by atoms with Crippen molar-refractivity contribution in [1.29, 1.82) is 0 Å². The van der Waals surface area contributed by atoms with Crippen LogP contribution in [-0.2, 0) is 22.0 Å². The van der Waals surface area contributed by atoms with Crippen molar-refractivity contribution in [2.75, 3.05) is 6.54 Å². The number of rotatable bonds is 5. The van der Waals surface area contributed by atoms with Gasteiger partial charge < -0.3 is 10.4 Å². The van der Waals surface area contributed by atoms with Crippen molar-refractivity contribution in [3.05, 3.63) is 28.8 Å². The van der Waals surface area contributed by atoms with Gasteiger partial charge in [0.1, 0.15) is 5.75 Å². The number of carbonyl (C=O) groups is 1. The van der Waals surface area contributed by atoms with Crippen LogP contribution < -0.4 is 5.32 Å². The average molecular weight is 388 g/mol. The molecule has 2 rings (SSSR count). The monoisotopic (exact) mass is 387 g/mol. The third-order valence-corrected chi connectivity index (χ3v) is 6.28. The molecule has 0 spiro atoms. The summed E-state index contributed by atoms with van der Waals surface area (Å²) in [5.74, 6) is 1.97. The second kappa shape index (κ2) is 8.88. The summed E-state index contributed by atoms with van der Waals surface area (Å²) in [6.07, 6.45) is 6.74. The molecule has 0 aromatic heterocycles. The van der Waals surface area contributed by atoms with Crippen LogP contribution in [0.3, 0.4) is 0 Å². The number of phenolic OH excluding ortho intramolecular Hbond substituents is 1. The summed E-state index contributed by atoms with van der Waals surface area (Å²) >= 11 is 0. The molecule has 0 heterocycles. The van der Waals surface area contributed by atoms with Crippen molar-refractivity contribution >= 4 is 5.91 Å². The number of hydrogen-bond donors (Lipinski definition) is 2. The highest BCUT2D eigenvalue weighted by atomic mass is 16.3. The summed E-state index contributed by atoms with van der Waals surface area (Å²) in [5, 5.41) is 14.0. The molecule has 0 radical (unpaired) electrons. The fraction of sp³-hybridized carbons (Fsp3) is 0.720. The first kappa shape index (κ1) is 22.8. The van der Waals surface area contributed by atoms with E-state index in [1.54, 1.807) is 0 Å². The van der Waals surface area contributed by atoms with Crippen LogP contribution >= 0.6 is 0 Å². The van der Waals surface area contributed by atoms with Crippen LogP contribution in [0.25, 0.3) is 0 Å². The zero-order valence-corrected chi connectivity index (χ0v) is 19.1. The van der Waals surface area contributed by atoms with Crippen LogP contribution in [0.1, 0.15) is 97.3 Å².